The van der Waals surface area contributed by atoms with Crippen molar-refractivity contribution in [3.63, 3.8) is 0 Å². The standard InChI is InChI=1S/C40H84O4Si/c1-17-37(9,10)29-33(5)21-25-41-45(42-26-22-34(6)30-38(11,12)18-2,43-27-23-35(7)31-39(13,14)19-3)44-28-24-36(8)32-40(15,16)20-4/h33-36H,17-32H2,1-16H3. The van der Waals surface area contributed by atoms with E-state index in [0.29, 0.717) is 71.8 Å². The molecule has 0 aromatic rings. The van der Waals surface area contributed by atoms with E-state index in [0.717, 1.165) is 25.7 Å². The fourth-order valence-corrected chi connectivity index (χ4v) is 8.52. The molecule has 0 amide bonds. The molecule has 272 valence electrons. The van der Waals surface area contributed by atoms with Crippen molar-refractivity contribution in [2.75, 3.05) is 26.4 Å². The first kappa shape index (κ1) is 45.1. The highest BCUT2D eigenvalue weighted by Gasteiger charge is 2.46. The SMILES string of the molecule is CCC(C)(C)CC(C)CCO[Si](OCCC(C)CC(C)(C)CC)(OCCC(C)CC(C)(C)CC)OCCC(C)CC(C)(C)CC. The summed E-state index contributed by atoms with van der Waals surface area (Å²) in [5.74, 6) is 2.32. The monoisotopic (exact) mass is 657 g/mol. The summed E-state index contributed by atoms with van der Waals surface area (Å²) < 4.78 is 26.9. The summed E-state index contributed by atoms with van der Waals surface area (Å²) in [7, 11) is -3.33. The van der Waals surface area contributed by atoms with Crippen molar-refractivity contribution >= 4 is 9.05 Å². The van der Waals surface area contributed by atoms with E-state index in [9.17, 15) is 0 Å². The molecule has 0 aromatic heterocycles. The molecule has 5 heteroatoms. The molecule has 45 heavy (non-hydrogen) atoms. The van der Waals surface area contributed by atoms with Gasteiger partial charge in [-0.3, -0.25) is 0 Å². The van der Waals surface area contributed by atoms with E-state index in [-0.39, 0.29) is 0 Å². The minimum atomic E-state index is -3.33. The van der Waals surface area contributed by atoms with E-state index in [1.54, 1.807) is 0 Å². The van der Waals surface area contributed by atoms with Crippen molar-refractivity contribution in [2.45, 2.75) is 188 Å². The first-order valence-corrected chi connectivity index (χ1v) is 20.8. The zero-order chi connectivity index (χ0) is 35.0. The Morgan fingerprint density at radius 2 is 0.556 bits per heavy atom. The molecule has 0 fully saturated rings. The van der Waals surface area contributed by atoms with Gasteiger partial charge in [0.15, 0.2) is 0 Å². The predicted molar refractivity (Wildman–Crippen MR) is 199 cm³/mol. The summed E-state index contributed by atoms with van der Waals surface area (Å²) in [4.78, 5) is 0. The molecule has 0 saturated heterocycles. The highest BCUT2D eigenvalue weighted by Crippen LogP contribution is 2.34. The van der Waals surface area contributed by atoms with Gasteiger partial charge in [0.2, 0.25) is 0 Å². The van der Waals surface area contributed by atoms with Gasteiger partial charge >= 0.3 is 9.05 Å². The molecule has 0 aliphatic carbocycles. The maximum absolute atomic E-state index is 6.73. The average molecular weight is 657 g/mol. The van der Waals surface area contributed by atoms with Crippen molar-refractivity contribution < 1.29 is 17.7 Å². The fourth-order valence-electron chi connectivity index (χ4n) is 6.55. The third kappa shape index (κ3) is 21.6. The van der Waals surface area contributed by atoms with Crippen molar-refractivity contribution in [1.29, 1.82) is 0 Å². The number of hydrogen-bond acceptors (Lipinski definition) is 4. The Labute approximate surface area is 285 Å². The minimum Gasteiger partial charge on any atom is -0.351 e. The van der Waals surface area contributed by atoms with Gasteiger partial charge in [0.25, 0.3) is 0 Å². The topological polar surface area (TPSA) is 36.9 Å². The van der Waals surface area contributed by atoms with Gasteiger partial charge in [0.05, 0.1) is 0 Å². The molecule has 0 N–H and O–H groups in total. The smallest absolute Gasteiger partial charge is 0.351 e. The number of hydrogen-bond donors (Lipinski definition) is 0. The van der Waals surface area contributed by atoms with Crippen LogP contribution in [0.15, 0.2) is 0 Å². The van der Waals surface area contributed by atoms with Gasteiger partial charge in [-0.1, -0.05) is 136 Å². The van der Waals surface area contributed by atoms with E-state index in [4.69, 9.17) is 17.7 Å². The Morgan fingerprint density at radius 1 is 0.378 bits per heavy atom. The van der Waals surface area contributed by atoms with Crippen LogP contribution in [0.3, 0.4) is 0 Å². The molecule has 0 rings (SSSR count). The Kier molecular flexibility index (Phi) is 21.2. The molecule has 4 atom stereocenters. The molecular formula is C40H84O4Si. The molecule has 4 nitrogen and oxygen atoms in total. The minimum absolute atomic E-state index is 0.352. The van der Waals surface area contributed by atoms with Crippen molar-refractivity contribution in [3.05, 3.63) is 0 Å². The van der Waals surface area contributed by atoms with Gasteiger partial charge in [0.1, 0.15) is 0 Å². The molecule has 0 radical (unpaired) electrons. The van der Waals surface area contributed by atoms with E-state index in [2.05, 4.69) is 111 Å². The van der Waals surface area contributed by atoms with Crippen LogP contribution in [0.25, 0.3) is 0 Å². The molecule has 0 heterocycles. The maximum atomic E-state index is 6.73. The quantitative estimate of drug-likeness (QED) is 0.0785. The summed E-state index contributed by atoms with van der Waals surface area (Å²) in [5.41, 5.74) is 1.41. The highest BCUT2D eigenvalue weighted by molar-refractivity contribution is 6.53. The Morgan fingerprint density at radius 3 is 0.711 bits per heavy atom. The fraction of sp³-hybridized carbons (Fsp3) is 1.00. The summed E-state index contributed by atoms with van der Waals surface area (Å²) in [6.07, 6.45) is 13.6. The molecule has 0 bridgehead atoms. The zero-order valence-electron chi connectivity index (χ0n) is 33.8. The van der Waals surface area contributed by atoms with Crippen LogP contribution in [-0.4, -0.2) is 35.5 Å². The first-order valence-electron chi connectivity index (χ1n) is 19.2. The van der Waals surface area contributed by atoms with Gasteiger partial charge in [-0.05, 0) is 96.7 Å². The molecule has 4 unspecified atom stereocenters. The van der Waals surface area contributed by atoms with Gasteiger partial charge < -0.3 is 17.7 Å². The highest BCUT2D eigenvalue weighted by atomic mass is 28.4. The van der Waals surface area contributed by atoms with Gasteiger partial charge in [-0.2, -0.15) is 0 Å². The van der Waals surface area contributed by atoms with Crippen LogP contribution in [0.4, 0.5) is 0 Å². The summed E-state index contributed by atoms with van der Waals surface area (Å²) in [5, 5.41) is 0. The second kappa shape index (κ2) is 21.2. The van der Waals surface area contributed by atoms with Gasteiger partial charge in [-0.15, -0.1) is 0 Å². The van der Waals surface area contributed by atoms with Crippen LogP contribution in [0.2, 0.25) is 0 Å². The van der Waals surface area contributed by atoms with Crippen LogP contribution in [0, 0.1) is 45.3 Å². The summed E-state index contributed by atoms with van der Waals surface area (Å²) in [6, 6.07) is 0. The largest absolute Gasteiger partial charge is 0.679 e. The molecule has 0 aliphatic heterocycles. The molecular weight excluding hydrogens is 573 g/mol. The second-order valence-corrected chi connectivity index (χ2v) is 20.5. The summed E-state index contributed by atoms with van der Waals surface area (Å²) >= 11 is 0. The first-order chi connectivity index (χ1) is 20.6. The second-order valence-electron chi connectivity index (χ2n) is 18.4. The van der Waals surface area contributed by atoms with Crippen LogP contribution in [0.1, 0.15) is 188 Å². The van der Waals surface area contributed by atoms with E-state index in [1.807, 2.05) is 0 Å². The van der Waals surface area contributed by atoms with Gasteiger partial charge in [0, 0.05) is 26.4 Å². The lowest BCUT2D eigenvalue weighted by atomic mass is 9.80. The van der Waals surface area contributed by atoms with Gasteiger partial charge in [-0.25, -0.2) is 0 Å². The molecule has 0 aliphatic rings. The van der Waals surface area contributed by atoms with Crippen molar-refractivity contribution in [1.82, 2.24) is 0 Å². The lowest BCUT2D eigenvalue weighted by Gasteiger charge is -2.32. The zero-order valence-corrected chi connectivity index (χ0v) is 34.8. The third-order valence-electron chi connectivity index (χ3n) is 11.0. The van der Waals surface area contributed by atoms with Crippen LogP contribution in [0.5, 0.6) is 0 Å². The van der Waals surface area contributed by atoms with E-state index < -0.39 is 9.05 Å². The van der Waals surface area contributed by atoms with E-state index >= 15 is 0 Å². The van der Waals surface area contributed by atoms with Crippen molar-refractivity contribution in [2.24, 2.45) is 45.3 Å². The van der Waals surface area contributed by atoms with Crippen molar-refractivity contribution in [3.8, 4) is 0 Å². The molecule has 0 aromatic carbocycles. The Hall–Kier alpha value is 0.0569. The van der Waals surface area contributed by atoms with E-state index in [1.165, 1.54) is 51.4 Å². The van der Waals surface area contributed by atoms with Crippen LogP contribution >= 0.6 is 0 Å². The molecule has 0 spiro atoms. The van der Waals surface area contributed by atoms with Crippen LogP contribution < -0.4 is 0 Å². The Balaban J connectivity index is 5.81. The average Bonchev–Trinajstić information content (AvgIpc) is 2.92. The summed E-state index contributed by atoms with van der Waals surface area (Å²) in [6.45, 7) is 40.1. The lowest BCUT2D eigenvalue weighted by molar-refractivity contribution is -0.0436. The van der Waals surface area contributed by atoms with Crippen LogP contribution in [-0.2, 0) is 17.7 Å². The third-order valence-corrected chi connectivity index (χ3v) is 13.2. The maximum Gasteiger partial charge on any atom is 0.679 e. The predicted octanol–water partition coefficient (Wildman–Crippen LogP) is 12.9. The molecule has 0 saturated carbocycles. The lowest BCUT2D eigenvalue weighted by Crippen LogP contribution is -2.50. The Bertz CT molecular complexity index is 621. The number of rotatable bonds is 28. The normalized spacial score (nSPS) is 17.6.